The Morgan fingerprint density at radius 1 is 1.33 bits per heavy atom. The van der Waals surface area contributed by atoms with E-state index in [4.69, 9.17) is 0 Å². The smallest absolute Gasteiger partial charge is 0.326 e. The maximum atomic E-state index is 12.0. The van der Waals surface area contributed by atoms with Gasteiger partial charge in [-0.3, -0.25) is 4.79 Å². The predicted octanol–water partition coefficient (Wildman–Crippen LogP) is 0.796. The van der Waals surface area contributed by atoms with Crippen molar-refractivity contribution in [3.8, 4) is 0 Å². The van der Waals surface area contributed by atoms with Crippen molar-refractivity contribution < 1.29 is 19.5 Å². The molecule has 1 aliphatic heterocycles. The van der Waals surface area contributed by atoms with Crippen LogP contribution in [-0.4, -0.2) is 53.1 Å². The minimum atomic E-state index is -0.978. The molecule has 1 rings (SSSR count). The van der Waals surface area contributed by atoms with Crippen LogP contribution in [-0.2, 0) is 9.59 Å². The van der Waals surface area contributed by atoms with E-state index in [2.05, 4.69) is 10.6 Å². The number of carboxylic acids is 1. The number of carboxylic acid groups (broad SMARTS) is 1. The molecule has 0 radical (unpaired) electrons. The van der Waals surface area contributed by atoms with Crippen LogP contribution in [0.2, 0.25) is 0 Å². The van der Waals surface area contributed by atoms with Crippen LogP contribution in [0.4, 0.5) is 4.79 Å². The van der Waals surface area contributed by atoms with Gasteiger partial charge in [0, 0.05) is 25.6 Å². The molecule has 7 nitrogen and oxygen atoms in total. The van der Waals surface area contributed by atoms with Gasteiger partial charge in [-0.2, -0.15) is 0 Å². The first-order valence-electron chi connectivity index (χ1n) is 7.38. The minimum Gasteiger partial charge on any atom is -0.480 e. The fourth-order valence-corrected chi connectivity index (χ4v) is 2.40. The van der Waals surface area contributed by atoms with E-state index in [1.807, 2.05) is 20.8 Å². The molecule has 2 unspecified atom stereocenters. The van der Waals surface area contributed by atoms with E-state index in [0.29, 0.717) is 18.9 Å². The summed E-state index contributed by atoms with van der Waals surface area (Å²) in [4.78, 5) is 36.1. The molecular weight excluding hydrogens is 274 g/mol. The number of likely N-dealkylation sites (tertiary alicyclic amines) is 1. The Morgan fingerprint density at radius 3 is 2.57 bits per heavy atom. The van der Waals surface area contributed by atoms with Crippen LogP contribution in [0.25, 0.3) is 0 Å². The second kappa shape index (κ2) is 7.85. The molecular formula is C14H25N3O4. The summed E-state index contributed by atoms with van der Waals surface area (Å²) in [6, 6.07) is -1.13. The van der Waals surface area contributed by atoms with Crippen LogP contribution >= 0.6 is 0 Å². The Balaban J connectivity index is 2.43. The van der Waals surface area contributed by atoms with Gasteiger partial charge in [-0.25, -0.2) is 9.59 Å². The highest BCUT2D eigenvalue weighted by Gasteiger charge is 2.34. The second-order valence-electron chi connectivity index (χ2n) is 5.88. The SMILES string of the molecule is CC1CCN(C(=O)NCCC(=O)NC(C)C)C(C(=O)O)C1. The number of rotatable bonds is 5. The van der Waals surface area contributed by atoms with Gasteiger partial charge in [-0.1, -0.05) is 6.92 Å². The van der Waals surface area contributed by atoms with Crippen molar-refractivity contribution in [2.45, 2.75) is 52.1 Å². The highest BCUT2D eigenvalue weighted by molar-refractivity contribution is 5.83. The molecule has 120 valence electrons. The summed E-state index contributed by atoms with van der Waals surface area (Å²) in [6.07, 6.45) is 1.45. The zero-order valence-electron chi connectivity index (χ0n) is 12.9. The lowest BCUT2D eigenvalue weighted by Gasteiger charge is -2.35. The van der Waals surface area contributed by atoms with Crippen molar-refractivity contribution in [3.05, 3.63) is 0 Å². The van der Waals surface area contributed by atoms with E-state index in [0.717, 1.165) is 6.42 Å². The Labute approximate surface area is 125 Å². The molecule has 3 amide bonds. The third kappa shape index (κ3) is 5.61. The summed E-state index contributed by atoms with van der Waals surface area (Å²) in [7, 11) is 0. The molecule has 0 aromatic rings. The second-order valence-corrected chi connectivity index (χ2v) is 5.88. The lowest BCUT2D eigenvalue weighted by Crippen LogP contribution is -2.53. The molecule has 7 heteroatoms. The summed E-state index contributed by atoms with van der Waals surface area (Å²) in [5, 5.41) is 14.6. The fourth-order valence-electron chi connectivity index (χ4n) is 2.40. The average molecular weight is 299 g/mol. The van der Waals surface area contributed by atoms with Crippen LogP contribution in [0.1, 0.15) is 40.0 Å². The molecule has 0 bridgehead atoms. The highest BCUT2D eigenvalue weighted by atomic mass is 16.4. The summed E-state index contributed by atoms with van der Waals surface area (Å²) >= 11 is 0. The molecule has 0 aromatic heterocycles. The molecule has 2 atom stereocenters. The zero-order chi connectivity index (χ0) is 16.0. The number of nitrogens with zero attached hydrogens (tertiary/aromatic N) is 1. The molecule has 0 aliphatic carbocycles. The number of hydrogen-bond acceptors (Lipinski definition) is 3. The molecule has 3 N–H and O–H groups in total. The van der Waals surface area contributed by atoms with Crippen molar-refractivity contribution in [2.24, 2.45) is 5.92 Å². The Kier molecular flexibility index (Phi) is 6.45. The Bertz CT molecular complexity index is 398. The largest absolute Gasteiger partial charge is 0.480 e. The van der Waals surface area contributed by atoms with Crippen LogP contribution in [0.5, 0.6) is 0 Å². The number of amides is 3. The van der Waals surface area contributed by atoms with Crippen molar-refractivity contribution in [1.29, 1.82) is 0 Å². The molecule has 1 aliphatic rings. The molecule has 1 fully saturated rings. The van der Waals surface area contributed by atoms with Crippen molar-refractivity contribution in [1.82, 2.24) is 15.5 Å². The highest BCUT2D eigenvalue weighted by Crippen LogP contribution is 2.22. The van der Waals surface area contributed by atoms with Gasteiger partial charge >= 0.3 is 12.0 Å². The molecule has 0 spiro atoms. The van der Waals surface area contributed by atoms with Gasteiger partial charge in [0.1, 0.15) is 6.04 Å². The summed E-state index contributed by atoms with van der Waals surface area (Å²) in [5.74, 6) is -0.812. The van der Waals surface area contributed by atoms with Gasteiger partial charge in [-0.05, 0) is 32.6 Å². The maximum absolute atomic E-state index is 12.0. The van der Waals surface area contributed by atoms with Gasteiger partial charge in [-0.15, -0.1) is 0 Å². The normalized spacial score (nSPS) is 22.0. The first-order chi connectivity index (χ1) is 9.81. The lowest BCUT2D eigenvalue weighted by molar-refractivity contribution is -0.143. The number of carbonyl (C=O) groups is 3. The quantitative estimate of drug-likeness (QED) is 0.699. The third-order valence-corrected chi connectivity index (χ3v) is 3.49. The molecule has 0 saturated carbocycles. The summed E-state index contributed by atoms with van der Waals surface area (Å²) < 4.78 is 0. The van der Waals surface area contributed by atoms with E-state index >= 15 is 0 Å². The number of nitrogens with one attached hydrogen (secondary N) is 2. The third-order valence-electron chi connectivity index (χ3n) is 3.49. The number of piperidine rings is 1. The zero-order valence-corrected chi connectivity index (χ0v) is 12.9. The van der Waals surface area contributed by atoms with E-state index in [1.54, 1.807) is 0 Å². The van der Waals surface area contributed by atoms with Crippen LogP contribution in [0.15, 0.2) is 0 Å². The van der Waals surface area contributed by atoms with Gasteiger partial charge in [0.15, 0.2) is 0 Å². The molecule has 0 aromatic carbocycles. The fraction of sp³-hybridized carbons (Fsp3) is 0.786. The maximum Gasteiger partial charge on any atom is 0.326 e. The predicted molar refractivity (Wildman–Crippen MR) is 77.8 cm³/mol. The van der Waals surface area contributed by atoms with Gasteiger partial charge in [0.25, 0.3) is 0 Å². The first-order valence-corrected chi connectivity index (χ1v) is 7.38. The van der Waals surface area contributed by atoms with E-state index in [-0.39, 0.29) is 24.9 Å². The van der Waals surface area contributed by atoms with Gasteiger partial charge in [0.05, 0.1) is 0 Å². The summed E-state index contributed by atoms with van der Waals surface area (Å²) in [6.45, 7) is 6.35. The first kappa shape index (κ1) is 17.3. The van der Waals surface area contributed by atoms with Crippen LogP contribution in [0, 0.1) is 5.92 Å². The molecule has 1 saturated heterocycles. The van der Waals surface area contributed by atoms with Gasteiger partial charge in [0.2, 0.25) is 5.91 Å². The van der Waals surface area contributed by atoms with E-state index in [1.165, 1.54) is 4.90 Å². The topological polar surface area (TPSA) is 98.7 Å². The van der Waals surface area contributed by atoms with Crippen molar-refractivity contribution in [2.75, 3.05) is 13.1 Å². The Hall–Kier alpha value is -1.79. The van der Waals surface area contributed by atoms with Crippen LogP contribution in [0.3, 0.4) is 0 Å². The van der Waals surface area contributed by atoms with E-state index < -0.39 is 18.0 Å². The van der Waals surface area contributed by atoms with Crippen molar-refractivity contribution >= 4 is 17.9 Å². The number of carbonyl (C=O) groups excluding carboxylic acids is 2. The van der Waals surface area contributed by atoms with Crippen LogP contribution < -0.4 is 10.6 Å². The Morgan fingerprint density at radius 2 is 2.00 bits per heavy atom. The lowest BCUT2D eigenvalue weighted by atomic mass is 9.93. The monoisotopic (exact) mass is 299 g/mol. The number of hydrogen-bond donors (Lipinski definition) is 3. The standard InChI is InChI=1S/C14H25N3O4/c1-9(2)16-12(18)4-6-15-14(21)17-7-5-10(3)8-11(17)13(19)20/h9-11H,4-8H2,1-3H3,(H,15,21)(H,16,18)(H,19,20). The molecule has 1 heterocycles. The minimum absolute atomic E-state index is 0.0631. The number of aliphatic carboxylic acids is 1. The van der Waals surface area contributed by atoms with E-state index in [9.17, 15) is 19.5 Å². The summed E-state index contributed by atoms with van der Waals surface area (Å²) in [5.41, 5.74) is 0. The van der Waals surface area contributed by atoms with Gasteiger partial charge < -0.3 is 20.6 Å². The molecule has 21 heavy (non-hydrogen) atoms. The van der Waals surface area contributed by atoms with Crippen molar-refractivity contribution in [3.63, 3.8) is 0 Å². The average Bonchev–Trinajstić information content (AvgIpc) is 2.37. The number of urea groups is 1.